The molecule has 3 aromatic rings. The molecule has 1 aromatic carbocycles. The van der Waals surface area contributed by atoms with Crippen molar-refractivity contribution in [3.8, 4) is 0 Å². The lowest BCUT2D eigenvalue weighted by atomic mass is 9.85. The number of aliphatic carboxylic acids is 1. The van der Waals surface area contributed by atoms with Crippen LogP contribution >= 0.6 is 15.9 Å². The van der Waals surface area contributed by atoms with Crippen LogP contribution in [-0.2, 0) is 32.6 Å². The van der Waals surface area contributed by atoms with E-state index in [0.29, 0.717) is 10.5 Å². The topological polar surface area (TPSA) is 147 Å². The number of benzene rings is 1. The van der Waals surface area contributed by atoms with Crippen molar-refractivity contribution in [1.29, 1.82) is 0 Å². The van der Waals surface area contributed by atoms with Crippen LogP contribution in [0.5, 0.6) is 0 Å². The number of pyridine rings is 2. The van der Waals surface area contributed by atoms with Gasteiger partial charge in [-0.25, -0.2) is 27.9 Å². The maximum atomic E-state index is 13.8. The lowest BCUT2D eigenvalue weighted by Crippen LogP contribution is -2.56. The van der Waals surface area contributed by atoms with E-state index in [1.54, 1.807) is 71.9 Å². The Hall–Kier alpha value is -3.68. The number of amides is 2. The highest BCUT2D eigenvalue weighted by atomic mass is 79.9. The van der Waals surface area contributed by atoms with E-state index in [9.17, 15) is 27.9 Å². The first-order valence-corrected chi connectivity index (χ1v) is 15.5. The fraction of sp³-hybridized carbons (Fsp3) is 0.367. The molecule has 0 aliphatic rings. The average Bonchev–Trinajstić information content (AvgIpc) is 2.90. The van der Waals surface area contributed by atoms with Gasteiger partial charge in [0, 0.05) is 23.4 Å². The predicted octanol–water partition coefficient (Wildman–Crippen LogP) is 5.51. The highest BCUT2D eigenvalue weighted by molar-refractivity contribution is 9.10. The van der Waals surface area contributed by atoms with E-state index in [2.05, 4.69) is 25.9 Å². The van der Waals surface area contributed by atoms with Gasteiger partial charge in [-0.2, -0.15) is 4.31 Å². The van der Waals surface area contributed by atoms with Gasteiger partial charge in [-0.1, -0.05) is 54.9 Å². The Kier molecular flexibility index (Phi) is 10.5. The van der Waals surface area contributed by atoms with Crippen LogP contribution in [-0.4, -0.2) is 62.3 Å². The lowest BCUT2D eigenvalue weighted by molar-refractivity contribution is -0.146. The smallest absolute Gasteiger partial charge is 0.418 e. The summed E-state index contributed by atoms with van der Waals surface area (Å²) in [5.41, 5.74) is -1.42. The molecule has 13 heteroatoms. The number of sulfonamides is 1. The second-order valence-corrected chi connectivity index (χ2v) is 14.7. The number of aromatic nitrogens is 2. The number of carbonyl (C=O) groups excluding carboxylic acids is 2. The third-order valence-electron chi connectivity index (χ3n) is 6.03. The van der Waals surface area contributed by atoms with Crippen molar-refractivity contribution >= 4 is 43.9 Å². The fourth-order valence-corrected chi connectivity index (χ4v) is 5.77. The molecular weight excluding hydrogens is 640 g/mol. The predicted molar refractivity (Wildman–Crippen MR) is 162 cm³/mol. The van der Waals surface area contributed by atoms with Gasteiger partial charge in [0.1, 0.15) is 22.2 Å². The molecule has 0 saturated carbocycles. The Morgan fingerprint density at radius 1 is 0.953 bits per heavy atom. The maximum absolute atomic E-state index is 13.8. The van der Waals surface area contributed by atoms with E-state index in [1.807, 2.05) is 0 Å². The van der Waals surface area contributed by atoms with E-state index < -0.39 is 45.1 Å². The number of imide groups is 1. The summed E-state index contributed by atoms with van der Waals surface area (Å²) in [6, 6.07) is 12.9. The fourth-order valence-electron chi connectivity index (χ4n) is 4.14. The molecule has 43 heavy (non-hydrogen) atoms. The van der Waals surface area contributed by atoms with Gasteiger partial charge in [-0.05, 0) is 68.1 Å². The zero-order chi connectivity index (χ0) is 32.2. The lowest BCUT2D eigenvalue weighted by Gasteiger charge is -2.36. The van der Waals surface area contributed by atoms with Crippen LogP contribution in [0.25, 0.3) is 0 Å². The second-order valence-electron chi connectivity index (χ2n) is 11.9. The van der Waals surface area contributed by atoms with Gasteiger partial charge in [0.05, 0.1) is 12.2 Å². The molecule has 230 valence electrons. The molecule has 2 aromatic heterocycles. The Morgan fingerprint density at radius 3 is 2.14 bits per heavy atom. The molecule has 1 N–H and O–H groups in total. The van der Waals surface area contributed by atoms with Gasteiger partial charge in [0.25, 0.3) is 5.91 Å². The number of carboxylic acid groups (broad SMARTS) is 1. The van der Waals surface area contributed by atoms with Gasteiger partial charge < -0.3 is 9.84 Å². The monoisotopic (exact) mass is 674 g/mol. The van der Waals surface area contributed by atoms with Crippen molar-refractivity contribution in [3.05, 3.63) is 88.4 Å². The van der Waals surface area contributed by atoms with Crippen LogP contribution in [0.3, 0.4) is 0 Å². The van der Waals surface area contributed by atoms with Crippen molar-refractivity contribution in [2.75, 3.05) is 0 Å². The van der Waals surface area contributed by atoms with Crippen molar-refractivity contribution in [3.63, 3.8) is 0 Å². The van der Waals surface area contributed by atoms with E-state index in [-0.39, 0.29) is 29.4 Å². The molecule has 0 spiro atoms. The highest BCUT2D eigenvalue weighted by Crippen LogP contribution is 2.28. The Labute approximate surface area is 260 Å². The van der Waals surface area contributed by atoms with E-state index >= 15 is 0 Å². The Bertz CT molecular complexity index is 1570. The molecule has 0 saturated heterocycles. The summed E-state index contributed by atoms with van der Waals surface area (Å²) >= 11 is 3.38. The number of carbonyl (C=O) groups is 3. The quantitative estimate of drug-likeness (QED) is 0.310. The molecule has 0 fully saturated rings. The summed E-state index contributed by atoms with van der Waals surface area (Å²) < 4.78 is 34.8. The average molecular weight is 676 g/mol. The first-order valence-electron chi connectivity index (χ1n) is 13.3. The van der Waals surface area contributed by atoms with Gasteiger partial charge in [0.2, 0.25) is 10.0 Å². The summed E-state index contributed by atoms with van der Waals surface area (Å²) in [5.74, 6) is -2.39. The first kappa shape index (κ1) is 33.8. The molecule has 2 heterocycles. The van der Waals surface area contributed by atoms with Gasteiger partial charge in [0.15, 0.2) is 0 Å². The molecule has 0 aliphatic carbocycles. The van der Waals surface area contributed by atoms with Crippen molar-refractivity contribution in [1.82, 2.24) is 19.2 Å². The standard InChI is InChI=1S/C30H35BrN4O7S/c1-29(2,3)25(27(37)38)35(28(39)42-30(4,5)6)26(36)24-11-7-9-22(33-24)19-34(18-20-12-14-21(31)15-13-20)43(40,41)23-10-8-16-32-17-23/h7-17,25H,18-19H2,1-6H3,(H,37,38). The highest BCUT2D eigenvalue weighted by Gasteiger charge is 2.45. The minimum Gasteiger partial charge on any atom is -0.480 e. The molecule has 3 rings (SSSR count). The summed E-state index contributed by atoms with van der Waals surface area (Å²) in [7, 11) is -4.06. The third-order valence-corrected chi connectivity index (χ3v) is 8.33. The number of rotatable bonds is 9. The summed E-state index contributed by atoms with van der Waals surface area (Å²) in [4.78, 5) is 48.2. The van der Waals surface area contributed by atoms with Gasteiger partial charge in [-0.15, -0.1) is 0 Å². The number of hydrogen-bond acceptors (Lipinski definition) is 8. The van der Waals surface area contributed by atoms with Crippen molar-refractivity contribution in [2.45, 2.75) is 71.2 Å². The van der Waals surface area contributed by atoms with Crippen LogP contribution < -0.4 is 0 Å². The van der Waals surface area contributed by atoms with Crippen LogP contribution in [0.2, 0.25) is 0 Å². The SMILES string of the molecule is CC(C)(C)OC(=O)N(C(=O)c1cccc(CN(Cc2ccc(Br)cc2)S(=O)(=O)c2cccnc2)n1)C(C(=O)O)C(C)(C)C. The van der Waals surface area contributed by atoms with Crippen LogP contribution in [0.4, 0.5) is 4.79 Å². The Balaban J connectivity index is 2.05. The molecule has 2 amide bonds. The number of halogens is 1. The number of nitrogens with zero attached hydrogens (tertiary/aromatic N) is 4. The normalized spacial score (nSPS) is 12.9. The van der Waals surface area contributed by atoms with E-state index in [0.717, 1.165) is 4.47 Å². The van der Waals surface area contributed by atoms with Crippen molar-refractivity contribution in [2.24, 2.45) is 5.41 Å². The minimum atomic E-state index is -4.06. The number of carboxylic acids is 1. The molecule has 0 radical (unpaired) electrons. The largest absolute Gasteiger partial charge is 0.480 e. The van der Waals surface area contributed by atoms with Gasteiger partial charge >= 0.3 is 12.1 Å². The maximum Gasteiger partial charge on any atom is 0.418 e. The summed E-state index contributed by atoms with van der Waals surface area (Å²) in [6.45, 7) is 9.31. The zero-order valence-corrected chi connectivity index (χ0v) is 27.2. The summed E-state index contributed by atoms with van der Waals surface area (Å²) in [5, 5.41) is 10.0. The van der Waals surface area contributed by atoms with Crippen LogP contribution in [0.15, 0.2) is 76.4 Å². The minimum absolute atomic E-state index is 0.0144. The molecular formula is C30H35BrN4O7S. The molecule has 11 nitrogen and oxygen atoms in total. The first-order chi connectivity index (χ1) is 19.9. The second kappa shape index (κ2) is 13.3. The molecule has 1 atom stereocenters. The van der Waals surface area contributed by atoms with E-state index in [4.69, 9.17) is 4.74 Å². The van der Waals surface area contributed by atoms with Crippen LogP contribution in [0, 0.1) is 5.41 Å². The van der Waals surface area contributed by atoms with E-state index in [1.165, 1.54) is 41.0 Å². The number of hydrogen-bond donors (Lipinski definition) is 1. The summed E-state index contributed by atoms with van der Waals surface area (Å²) in [6.07, 6.45) is 1.57. The van der Waals surface area contributed by atoms with Gasteiger partial charge in [-0.3, -0.25) is 9.78 Å². The zero-order valence-electron chi connectivity index (χ0n) is 24.8. The molecule has 1 unspecified atom stereocenters. The molecule has 0 bridgehead atoms. The third kappa shape index (κ3) is 8.91. The van der Waals surface area contributed by atoms with Crippen molar-refractivity contribution < 1.29 is 32.6 Å². The van der Waals surface area contributed by atoms with Crippen LogP contribution in [0.1, 0.15) is 63.3 Å². The number of ether oxygens (including phenoxy) is 1. The Morgan fingerprint density at radius 2 is 1.60 bits per heavy atom. The molecule has 0 aliphatic heterocycles.